The fourth-order valence-electron chi connectivity index (χ4n) is 11.8. The number of esters is 2. The Kier molecular flexibility index (Phi) is 26.1. The molecular weight excluding hydrogens is 1300 g/mol. The molecule has 0 saturated carbocycles. The number of primary amides is 1. The molecule has 6 amide bonds. The van der Waals surface area contributed by atoms with Gasteiger partial charge in [0.25, 0.3) is 0 Å². The summed E-state index contributed by atoms with van der Waals surface area (Å²) in [6, 6.07) is 20.2. The van der Waals surface area contributed by atoms with Gasteiger partial charge in [0.05, 0.1) is 46.3 Å². The molecule has 3 aliphatic heterocycles. The fourth-order valence-corrected chi connectivity index (χ4v) is 13.0. The second kappa shape index (κ2) is 33.7. The molecule has 5 aromatic rings. The van der Waals surface area contributed by atoms with Crippen molar-refractivity contribution >= 4 is 77.3 Å². The summed E-state index contributed by atoms with van der Waals surface area (Å²) in [5, 5.41) is 8.19. The van der Waals surface area contributed by atoms with E-state index in [4.69, 9.17) is 38.5 Å². The molecule has 1 fully saturated rings. The van der Waals surface area contributed by atoms with E-state index in [-0.39, 0.29) is 56.7 Å². The molecule has 536 valence electrons. The number of imidazole rings is 1. The molecule has 4 aromatic carbocycles. The number of carbonyl (C=O) groups is 8. The topological polar surface area (TPSA) is 311 Å². The lowest BCUT2D eigenvalue weighted by Crippen LogP contribution is -2.56. The summed E-state index contributed by atoms with van der Waals surface area (Å²) in [4.78, 5) is 119. The Morgan fingerprint density at radius 3 is 1.94 bits per heavy atom. The van der Waals surface area contributed by atoms with Gasteiger partial charge >= 0.3 is 30.9 Å². The highest BCUT2D eigenvalue weighted by molar-refractivity contribution is 7.54. The maximum Gasteiger partial charge on any atom is 0.410 e. The van der Waals surface area contributed by atoms with E-state index in [1.165, 1.54) is 73.8 Å². The molecule has 2 unspecified atom stereocenters. The second-order valence-electron chi connectivity index (χ2n) is 27.3. The highest BCUT2D eigenvalue weighted by atomic mass is 31.2. The Bertz CT molecular complexity index is 3860. The minimum atomic E-state index is -5.60. The number of rotatable bonds is 34. The first-order chi connectivity index (χ1) is 46.9. The van der Waals surface area contributed by atoms with Crippen molar-refractivity contribution in [3.63, 3.8) is 0 Å². The number of amides is 6. The predicted octanol–water partition coefficient (Wildman–Crippen LogP) is 9.21. The zero-order valence-electron chi connectivity index (χ0n) is 57.8. The average Bonchev–Trinajstić information content (AvgIpc) is 1.66. The monoisotopic (exact) mass is 1400 g/mol. The molecule has 27 heteroatoms. The summed E-state index contributed by atoms with van der Waals surface area (Å²) in [7, 11) is -3.92. The summed E-state index contributed by atoms with van der Waals surface area (Å²) < 4.78 is 87.4. The van der Waals surface area contributed by atoms with Crippen molar-refractivity contribution in [3.05, 3.63) is 140 Å². The Morgan fingerprint density at radius 2 is 1.33 bits per heavy atom. The van der Waals surface area contributed by atoms with Gasteiger partial charge in [-0.05, 0) is 171 Å². The van der Waals surface area contributed by atoms with Crippen molar-refractivity contribution in [1.82, 2.24) is 25.1 Å². The largest absolute Gasteiger partial charge is 0.438 e. The Labute approximate surface area is 574 Å². The van der Waals surface area contributed by atoms with Crippen molar-refractivity contribution in [2.75, 3.05) is 44.9 Å². The van der Waals surface area contributed by atoms with Crippen molar-refractivity contribution in [3.8, 4) is 0 Å². The summed E-state index contributed by atoms with van der Waals surface area (Å²) in [5.41, 5.74) is 5.20. The number of anilines is 1. The number of fused-ring (bicyclic) bond motifs is 1. The number of ether oxygens (including phenoxy) is 5. The minimum Gasteiger partial charge on any atom is -0.438 e. The molecule has 5 N–H and O–H groups in total. The number of hydrogen-bond donors (Lipinski definition) is 4. The number of para-hydroxylation sites is 1. The number of benzene rings is 4. The molecular formula is C72H92F2N7O17P. The lowest BCUT2D eigenvalue weighted by molar-refractivity contribution is -0.163. The van der Waals surface area contributed by atoms with E-state index in [1.54, 1.807) is 20.9 Å². The lowest BCUT2D eigenvalue weighted by atomic mass is 9.98. The average molecular weight is 1400 g/mol. The van der Waals surface area contributed by atoms with Crippen LogP contribution >= 0.6 is 7.60 Å². The SMILES string of the molecule is C/C(=C\C(=O)N[C@H]1CCc2cccc3c2N(C1=O)[C@H](C(=O)NC(CCC(N)=O)[C@@H](C)OCc1ccc(CCCOCCCCOCCCc2ccc4c(c2)n(C)c(=O)n4C2CCC(=O)NC2=O)cc1)C3)c1ccc(C(F)(F)P(=O)(OCOC(=O)C(C)(C)C)OCOC(=O)C(C)(C)C)cc1. The number of allylic oxidation sites excluding steroid dienone is 1. The Balaban J connectivity index is 0.776. The van der Waals surface area contributed by atoms with Gasteiger partial charge in [-0.2, -0.15) is 8.78 Å². The molecule has 3 aliphatic rings. The number of nitrogens with two attached hydrogens (primary N) is 1. The summed E-state index contributed by atoms with van der Waals surface area (Å²) in [5.74, 6) is -4.73. The molecule has 0 aliphatic carbocycles. The second-order valence-corrected chi connectivity index (χ2v) is 29.4. The van der Waals surface area contributed by atoms with Crippen LogP contribution in [0.4, 0.5) is 14.5 Å². The molecule has 24 nitrogen and oxygen atoms in total. The standard InChI is InChI=1S/C72H92F2N7O17P/c1-45(50-24-27-53(28-25-50)72(73,74)99(91,97-43-95-67(88)70(3,4)5)98-44-96-68(89)71(6,7)8)39-62(84)76-55-29-26-51-17-12-18-52-41-59(81(63(51)52)66(55)87)65(86)77-54(30-33-60(75)82)46(2)94-42-49-21-19-47(20-22-49)15-13-37-92-35-10-11-36-93-38-14-16-48-23-31-56-58(40-48)79(9)69(90)80(56)57-32-34-61(83)78-64(57)85/h12,17-25,27-28,31,39-40,46,54-55,57,59H,10-11,13-16,26,29-30,32-38,41-44H2,1-9H3,(H2,75,82)(H,76,84)(H,77,86)(H,78,83,85)/b45-39+/t46-,54?,55+,57?,59+/m1/s1. The van der Waals surface area contributed by atoms with Crippen LogP contribution in [0.3, 0.4) is 0 Å². The van der Waals surface area contributed by atoms with Gasteiger partial charge in [0.1, 0.15) is 18.1 Å². The summed E-state index contributed by atoms with van der Waals surface area (Å²) in [6.45, 7) is 12.7. The van der Waals surface area contributed by atoms with E-state index in [2.05, 4.69) is 16.0 Å². The van der Waals surface area contributed by atoms with E-state index < -0.39 is 115 Å². The molecule has 0 radical (unpaired) electrons. The van der Waals surface area contributed by atoms with Crippen molar-refractivity contribution in [2.24, 2.45) is 23.6 Å². The number of unbranched alkanes of at least 4 members (excludes halogenated alkanes) is 1. The number of nitrogens with zero attached hydrogens (tertiary/aromatic N) is 3. The van der Waals surface area contributed by atoms with Crippen LogP contribution in [-0.4, -0.2) is 121 Å². The van der Waals surface area contributed by atoms with Crippen LogP contribution in [0.25, 0.3) is 16.6 Å². The molecule has 4 heterocycles. The predicted molar refractivity (Wildman–Crippen MR) is 363 cm³/mol. The Morgan fingerprint density at radius 1 is 0.747 bits per heavy atom. The zero-order valence-corrected chi connectivity index (χ0v) is 58.6. The van der Waals surface area contributed by atoms with Gasteiger partial charge in [-0.1, -0.05) is 72.8 Å². The number of piperidine rings is 1. The summed E-state index contributed by atoms with van der Waals surface area (Å²) in [6.07, 6.45) is 6.83. The van der Waals surface area contributed by atoms with E-state index in [1.807, 2.05) is 60.7 Å². The summed E-state index contributed by atoms with van der Waals surface area (Å²) >= 11 is 0. The van der Waals surface area contributed by atoms with Crippen LogP contribution in [0, 0.1) is 10.8 Å². The fraction of sp³-hybridized carbons (Fsp3) is 0.514. The van der Waals surface area contributed by atoms with Crippen LogP contribution < -0.4 is 32.3 Å². The first-order valence-corrected chi connectivity index (χ1v) is 35.0. The third kappa shape index (κ3) is 19.8. The van der Waals surface area contributed by atoms with Crippen molar-refractivity contribution in [2.45, 2.75) is 181 Å². The normalized spacial score (nSPS) is 17.4. The zero-order chi connectivity index (χ0) is 72.0. The maximum absolute atomic E-state index is 16.3. The molecule has 0 spiro atoms. The van der Waals surface area contributed by atoms with Gasteiger partial charge in [0.15, 0.2) is 0 Å². The van der Waals surface area contributed by atoms with Crippen molar-refractivity contribution in [1.29, 1.82) is 0 Å². The number of halogens is 2. The van der Waals surface area contributed by atoms with Crippen LogP contribution in [0.15, 0.2) is 95.8 Å². The van der Waals surface area contributed by atoms with Crippen molar-refractivity contribution < 1.29 is 84.4 Å². The number of carbonyl (C=O) groups excluding carboxylic acids is 8. The number of hydrogen-bond acceptors (Lipinski definition) is 17. The Hall–Kier alpha value is -8.26. The molecule has 1 aromatic heterocycles. The quantitative estimate of drug-likeness (QED) is 0.00744. The number of aromatic nitrogens is 2. The van der Waals surface area contributed by atoms with Crippen LogP contribution in [0.1, 0.15) is 158 Å². The number of nitrogens with one attached hydrogen (secondary N) is 3. The smallest absolute Gasteiger partial charge is 0.410 e. The van der Waals surface area contributed by atoms with Gasteiger partial charge in [-0.25, -0.2) is 4.79 Å². The van der Waals surface area contributed by atoms with E-state index in [9.17, 15) is 47.7 Å². The number of imide groups is 1. The highest BCUT2D eigenvalue weighted by Gasteiger charge is 2.56. The van der Waals surface area contributed by atoms with E-state index in [0.717, 1.165) is 84.0 Å². The molecule has 8 rings (SSSR count). The van der Waals surface area contributed by atoms with E-state index >= 15 is 8.78 Å². The number of alkyl halides is 2. The van der Waals surface area contributed by atoms with Crippen LogP contribution in [0.5, 0.6) is 0 Å². The molecule has 0 bridgehead atoms. The molecule has 5 atom stereocenters. The first-order valence-electron chi connectivity index (χ1n) is 33.5. The third-order valence-electron chi connectivity index (χ3n) is 17.6. The number of aryl methyl sites for hydroxylation is 4. The van der Waals surface area contributed by atoms with Gasteiger partial charge in [0.2, 0.25) is 49.0 Å². The highest BCUT2D eigenvalue weighted by Crippen LogP contribution is 2.67. The molecule has 99 heavy (non-hydrogen) atoms. The van der Waals surface area contributed by atoms with E-state index in [0.29, 0.717) is 55.2 Å². The minimum absolute atomic E-state index is 0.0506. The first kappa shape index (κ1) is 76.5. The van der Waals surface area contributed by atoms with Gasteiger partial charge in [-0.15, -0.1) is 0 Å². The van der Waals surface area contributed by atoms with Crippen LogP contribution in [-0.2, 0) is 121 Å². The van der Waals surface area contributed by atoms with Crippen LogP contribution in [0.2, 0.25) is 0 Å². The van der Waals surface area contributed by atoms with Gasteiger partial charge < -0.3 is 40.1 Å². The molecule has 1 saturated heterocycles. The third-order valence-corrected chi connectivity index (χ3v) is 19.4. The van der Waals surface area contributed by atoms with Gasteiger partial charge in [-0.3, -0.25) is 71.3 Å². The van der Waals surface area contributed by atoms with Gasteiger partial charge in [0, 0.05) is 64.4 Å². The lowest BCUT2D eigenvalue weighted by Gasteiger charge is -2.31. The maximum atomic E-state index is 16.3.